The molecular formula is C22H20FN3O2S. The first-order valence-electron chi connectivity index (χ1n) is 9.55. The third-order valence-electron chi connectivity index (χ3n) is 5.02. The van der Waals surface area contributed by atoms with Crippen LogP contribution in [0.4, 0.5) is 4.39 Å². The van der Waals surface area contributed by atoms with Gasteiger partial charge < -0.3 is 0 Å². The molecule has 0 bridgehead atoms. The minimum absolute atomic E-state index is 0.110. The zero-order chi connectivity index (χ0) is 20.2. The summed E-state index contributed by atoms with van der Waals surface area (Å²) in [5.41, 5.74) is 3.19. The molecular weight excluding hydrogens is 389 g/mol. The molecule has 0 unspecified atom stereocenters. The van der Waals surface area contributed by atoms with Gasteiger partial charge in [0.15, 0.2) is 5.78 Å². The second-order valence-electron chi connectivity index (χ2n) is 7.00. The lowest BCUT2D eigenvalue weighted by atomic mass is 9.97. The number of nitrogens with zero attached hydrogens (tertiary/aromatic N) is 3. The molecule has 0 N–H and O–H groups in total. The quantitative estimate of drug-likeness (QED) is 0.353. The van der Waals surface area contributed by atoms with E-state index in [9.17, 15) is 14.0 Å². The summed E-state index contributed by atoms with van der Waals surface area (Å²) in [6.45, 7) is 0.446. The van der Waals surface area contributed by atoms with Crippen molar-refractivity contribution in [3.63, 3.8) is 0 Å². The maximum atomic E-state index is 13.1. The van der Waals surface area contributed by atoms with Gasteiger partial charge in [-0.25, -0.2) is 9.18 Å². The van der Waals surface area contributed by atoms with Gasteiger partial charge >= 0.3 is 5.69 Å². The van der Waals surface area contributed by atoms with Gasteiger partial charge in [-0.1, -0.05) is 17.8 Å². The Morgan fingerprint density at radius 1 is 1.14 bits per heavy atom. The summed E-state index contributed by atoms with van der Waals surface area (Å²) in [7, 11) is 0. The molecule has 0 radical (unpaired) electrons. The molecule has 0 aliphatic heterocycles. The van der Waals surface area contributed by atoms with Crippen LogP contribution in [0.5, 0.6) is 0 Å². The number of pyridine rings is 1. The highest BCUT2D eigenvalue weighted by Crippen LogP contribution is 2.29. The van der Waals surface area contributed by atoms with E-state index in [4.69, 9.17) is 0 Å². The van der Waals surface area contributed by atoms with E-state index < -0.39 is 0 Å². The summed E-state index contributed by atoms with van der Waals surface area (Å²) >= 11 is 1.29. The average molecular weight is 409 g/mol. The largest absolute Gasteiger partial charge is 0.349 e. The fraction of sp³-hybridized carbons (Fsp3) is 0.273. The minimum Gasteiger partial charge on any atom is -0.293 e. The lowest BCUT2D eigenvalue weighted by Gasteiger charge is -2.22. The number of fused-ring (bicyclic) bond motifs is 1. The SMILES string of the molecule is O=C(CSc1nc(=O)n(Cc2cccnc2)c2c1CCCC2)c1ccc(F)cc1. The van der Waals surface area contributed by atoms with Crippen molar-refractivity contribution in [2.75, 3.05) is 5.75 Å². The third-order valence-corrected chi connectivity index (χ3v) is 6.04. The van der Waals surface area contributed by atoms with E-state index in [2.05, 4.69) is 9.97 Å². The summed E-state index contributed by atoms with van der Waals surface area (Å²) in [6, 6.07) is 9.31. The molecule has 0 amide bonds. The second kappa shape index (κ2) is 8.69. The molecule has 0 saturated carbocycles. The number of ketones is 1. The number of Topliss-reactive ketones (excluding diaryl/α,β-unsaturated/α-hetero) is 1. The zero-order valence-corrected chi connectivity index (χ0v) is 16.6. The average Bonchev–Trinajstić information content (AvgIpc) is 2.75. The molecule has 3 aromatic rings. The van der Waals surface area contributed by atoms with Gasteiger partial charge in [-0.05, 0) is 61.6 Å². The van der Waals surface area contributed by atoms with Crippen LogP contribution in [0.1, 0.15) is 40.0 Å². The number of carbonyl (C=O) groups is 1. The molecule has 0 fully saturated rings. The van der Waals surface area contributed by atoms with Gasteiger partial charge in [0, 0.05) is 29.2 Å². The summed E-state index contributed by atoms with van der Waals surface area (Å²) in [6.07, 6.45) is 7.21. The molecule has 0 saturated heterocycles. The zero-order valence-electron chi connectivity index (χ0n) is 15.8. The van der Waals surface area contributed by atoms with Gasteiger partial charge in [0.2, 0.25) is 0 Å². The number of carbonyl (C=O) groups excluding carboxylic acids is 1. The van der Waals surface area contributed by atoms with Crippen LogP contribution in [-0.4, -0.2) is 26.1 Å². The number of aromatic nitrogens is 3. The molecule has 7 heteroatoms. The van der Waals surface area contributed by atoms with Crippen LogP contribution >= 0.6 is 11.8 Å². The first-order chi connectivity index (χ1) is 14.1. The van der Waals surface area contributed by atoms with Crippen LogP contribution < -0.4 is 5.69 Å². The Hall–Kier alpha value is -2.80. The summed E-state index contributed by atoms with van der Waals surface area (Å²) < 4.78 is 14.8. The van der Waals surface area contributed by atoms with E-state index in [0.717, 1.165) is 42.5 Å². The first kappa shape index (κ1) is 19.5. The van der Waals surface area contributed by atoms with Gasteiger partial charge in [0.25, 0.3) is 0 Å². The second-order valence-corrected chi connectivity index (χ2v) is 7.96. The molecule has 1 aliphatic rings. The highest BCUT2D eigenvalue weighted by Gasteiger charge is 2.21. The number of halogens is 1. The lowest BCUT2D eigenvalue weighted by Crippen LogP contribution is -2.30. The number of hydrogen-bond acceptors (Lipinski definition) is 5. The highest BCUT2D eigenvalue weighted by atomic mass is 32.2. The van der Waals surface area contributed by atoms with Crippen molar-refractivity contribution >= 4 is 17.5 Å². The van der Waals surface area contributed by atoms with Crippen LogP contribution in [0.2, 0.25) is 0 Å². The Balaban J connectivity index is 1.59. The number of rotatable bonds is 6. The molecule has 2 aromatic heterocycles. The maximum absolute atomic E-state index is 13.1. The molecule has 2 heterocycles. The molecule has 1 aliphatic carbocycles. The van der Waals surface area contributed by atoms with E-state index in [0.29, 0.717) is 17.1 Å². The standard InChI is InChI=1S/C22H20FN3O2S/c23-17-9-7-16(8-10-17)20(27)14-29-21-18-5-1-2-6-19(18)26(22(28)25-21)13-15-4-3-11-24-12-15/h3-4,7-12H,1-2,5-6,13-14H2. The van der Waals surface area contributed by atoms with Crippen LogP contribution in [0.3, 0.4) is 0 Å². The predicted octanol–water partition coefficient (Wildman–Crippen LogP) is 3.68. The van der Waals surface area contributed by atoms with Gasteiger partial charge in [-0.15, -0.1) is 0 Å². The smallest absolute Gasteiger partial charge is 0.293 e. The Morgan fingerprint density at radius 2 is 1.93 bits per heavy atom. The van der Waals surface area contributed by atoms with E-state index in [-0.39, 0.29) is 23.0 Å². The van der Waals surface area contributed by atoms with Crippen molar-refractivity contribution in [1.29, 1.82) is 0 Å². The molecule has 5 nitrogen and oxygen atoms in total. The van der Waals surface area contributed by atoms with Gasteiger partial charge in [-0.3, -0.25) is 14.3 Å². The highest BCUT2D eigenvalue weighted by molar-refractivity contribution is 8.00. The fourth-order valence-corrected chi connectivity index (χ4v) is 4.53. The number of thioether (sulfide) groups is 1. The Kier molecular flexibility index (Phi) is 5.85. The van der Waals surface area contributed by atoms with Crippen molar-refractivity contribution in [3.8, 4) is 0 Å². The minimum atomic E-state index is -0.373. The fourth-order valence-electron chi connectivity index (χ4n) is 3.56. The Bertz CT molecular complexity index is 1080. The van der Waals surface area contributed by atoms with Gasteiger partial charge in [0.05, 0.1) is 12.3 Å². The Morgan fingerprint density at radius 3 is 2.69 bits per heavy atom. The summed E-state index contributed by atoms with van der Waals surface area (Å²) in [5, 5.41) is 0.641. The van der Waals surface area contributed by atoms with Crippen LogP contribution in [-0.2, 0) is 19.4 Å². The van der Waals surface area contributed by atoms with Crippen molar-refractivity contribution in [3.05, 3.63) is 87.5 Å². The predicted molar refractivity (Wildman–Crippen MR) is 110 cm³/mol. The normalized spacial score (nSPS) is 13.1. The van der Waals surface area contributed by atoms with Gasteiger partial charge in [-0.2, -0.15) is 4.98 Å². The van der Waals surface area contributed by atoms with Crippen LogP contribution in [0, 0.1) is 5.82 Å². The van der Waals surface area contributed by atoms with Crippen molar-refractivity contribution in [1.82, 2.24) is 14.5 Å². The topological polar surface area (TPSA) is 64.8 Å². The maximum Gasteiger partial charge on any atom is 0.349 e. The van der Waals surface area contributed by atoms with E-state index >= 15 is 0 Å². The van der Waals surface area contributed by atoms with Crippen molar-refractivity contribution in [2.45, 2.75) is 37.3 Å². The van der Waals surface area contributed by atoms with Crippen LogP contribution in [0.15, 0.2) is 58.6 Å². The summed E-state index contributed by atoms with van der Waals surface area (Å²) in [5.74, 6) is -0.319. The van der Waals surface area contributed by atoms with Crippen molar-refractivity contribution in [2.24, 2.45) is 0 Å². The van der Waals surface area contributed by atoms with Crippen molar-refractivity contribution < 1.29 is 9.18 Å². The van der Waals surface area contributed by atoms with E-state index in [1.54, 1.807) is 17.0 Å². The Labute approximate surface area is 172 Å². The molecule has 0 atom stereocenters. The molecule has 148 valence electrons. The molecule has 4 rings (SSSR count). The number of benzene rings is 1. The van der Waals surface area contributed by atoms with E-state index in [1.807, 2.05) is 12.1 Å². The van der Waals surface area contributed by atoms with E-state index in [1.165, 1.54) is 36.0 Å². The summed E-state index contributed by atoms with van der Waals surface area (Å²) in [4.78, 5) is 33.6. The molecule has 29 heavy (non-hydrogen) atoms. The molecule has 0 spiro atoms. The lowest BCUT2D eigenvalue weighted by molar-refractivity contribution is 0.102. The third kappa shape index (κ3) is 4.45. The van der Waals surface area contributed by atoms with Crippen LogP contribution in [0.25, 0.3) is 0 Å². The molecule has 1 aromatic carbocycles. The monoisotopic (exact) mass is 409 g/mol. The van der Waals surface area contributed by atoms with Gasteiger partial charge in [0.1, 0.15) is 10.8 Å². The number of hydrogen-bond donors (Lipinski definition) is 0. The first-order valence-corrected chi connectivity index (χ1v) is 10.5.